The molecule has 3 heteroatoms. The first-order chi connectivity index (χ1) is 7.22. The molecule has 80 valence electrons. The molecule has 1 rings (SSSR count). The largest absolute Gasteiger partial charge is 0.443 e. The van der Waals surface area contributed by atoms with Crippen LogP contribution in [-0.2, 0) is 11.3 Å². The van der Waals surface area contributed by atoms with E-state index in [1.54, 1.807) is 0 Å². The molecule has 0 radical (unpaired) electrons. The summed E-state index contributed by atoms with van der Waals surface area (Å²) < 4.78 is 4.97. The van der Waals surface area contributed by atoms with Crippen LogP contribution in [0.25, 0.3) is 0 Å². The molecule has 0 aliphatic heterocycles. The second-order valence-electron chi connectivity index (χ2n) is 3.24. The van der Waals surface area contributed by atoms with Crippen LogP contribution in [-0.4, -0.2) is 11.8 Å². The highest BCUT2D eigenvalue weighted by Crippen LogP contribution is 2.01. The van der Waals surface area contributed by atoms with E-state index in [1.165, 1.54) is 0 Å². The van der Waals surface area contributed by atoms with E-state index < -0.39 is 6.09 Å². The number of carbonyl (C=O) groups is 1. The monoisotopic (exact) mass is 205 g/mol. The Hall–Kier alpha value is -1.64. The lowest BCUT2D eigenvalue weighted by atomic mass is 10.2. The summed E-state index contributed by atoms with van der Waals surface area (Å²) in [6.07, 6.45) is 0.249. The van der Waals surface area contributed by atoms with Crippen molar-refractivity contribution in [1.82, 2.24) is 0 Å². The van der Waals surface area contributed by atoms with Gasteiger partial charge in [-0.25, -0.2) is 4.79 Å². The Labute approximate surface area is 89.8 Å². The van der Waals surface area contributed by atoms with Gasteiger partial charge in [0.2, 0.25) is 0 Å². The molecular weight excluding hydrogens is 190 g/mol. The van der Waals surface area contributed by atoms with E-state index in [9.17, 15) is 4.79 Å². The molecule has 3 nitrogen and oxygen atoms in total. The van der Waals surface area contributed by atoms with Crippen LogP contribution in [0.3, 0.4) is 0 Å². The van der Waals surface area contributed by atoms with E-state index in [2.05, 4.69) is 4.99 Å². The summed E-state index contributed by atoms with van der Waals surface area (Å²) in [6, 6.07) is 9.55. The van der Waals surface area contributed by atoms with Gasteiger partial charge in [-0.2, -0.15) is 4.99 Å². The Kier molecular flexibility index (Phi) is 4.54. The number of ether oxygens (including phenoxy) is 1. The van der Waals surface area contributed by atoms with Crippen LogP contribution in [0.4, 0.5) is 4.79 Å². The number of carbonyl (C=O) groups excluding carboxylic acids is 1. The Bertz CT molecular complexity index is 344. The number of benzene rings is 1. The zero-order valence-corrected chi connectivity index (χ0v) is 9.06. The van der Waals surface area contributed by atoms with Crippen LogP contribution >= 0.6 is 0 Å². The third kappa shape index (κ3) is 4.40. The van der Waals surface area contributed by atoms with Gasteiger partial charge in [0.15, 0.2) is 0 Å². The van der Waals surface area contributed by atoms with E-state index in [0.717, 1.165) is 17.7 Å². The number of rotatable bonds is 3. The molecule has 0 aromatic heterocycles. The van der Waals surface area contributed by atoms with Gasteiger partial charge in [0.05, 0.1) is 0 Å². The molecular formula is C12H15NO2. The van der Waals surface area contributed by atoms with Crippen molar-refractivity contribution < 1.29 is 9.53 Å². The minimum atomic E-state index is -0.516. The van der Waals surface area contributed by atoms with Crippen molar-refractivity contribution >= 4 is 11.8 Å². The first-order valence-electron chi connectivity index (χ1n) is 4.97. The minimum Gasteiger partial charge on any atom is -0.443 e. The van der Waals surface area contributed by atoms with Gasteiger partial charge in [0.25, 0.3) is 0 Å². The summed E-state index contributed by atoms with van der Waals surface area (Å²) in [4.78, 5) is 14.9. The maximum atomic E-state index is 11.2. The van der Waals surface area contributed by atoms with Crippen LogP contribution in [0, 0.1) is 0 Å². The van der Waals surface area contributed by atoms with Gasteiger partial charge >= 0.3 is 6.09 Å². The fourth-order valence-electron chi connectivity index (χ4n) is 0.986. The Morgan fingerprint density at radius 2 is 2.00 bits per heavy atom. The molecule has 0 saturated heterocycles. The second-order valence-corrected chi connectivity index (χ2v) is 3.24. The molecule has 0 aliphatic carbocycles. The van der Waals surface area contributed by atoms with Crippen LogP contribution in [0.1, 0.15) is 25.8 Å². The van der Waals surface area contributed by atoms with Crippen molar-refractivity contribution in [1.29, 1.82) is 0 Å². The molecule has 0 unspecified atom stereocenters. The van der Waals surface area contributed by atoms with E-state index in [4.69, 9.17) is 4.74 Å². The van der Waals surface area contributed by atoms with E-state index >= 15 is 0 Å². The molecule has 15 heavy (non-hydrogen) atoms. The number of amides is 1. The maximum Gasteiger partial charge on any atom is 0.433 e. The summed E-state index contributed by atoms with van der Waals surface area (Å²) in [6.45, 7) is 4.03. The maximum absolute atomic E-state index is 11.2. The lowest BCUT2D eigenvalue weighted by molar-refractivity contribution is 0.151. The normalized spacial score (nSPS) is 11.2. The predicted octanol–water partition coefficient (Wildman–Crippen LogP) is 3.19. The molecule has 0 spiro atoms. The van der Waals surface area contributed by atoms with Crippen LogP contribution in [0.5, 0.6) is 0 Å². The fraction of sp³-hybridized carbons (Fsp3) is 0.333. The fourth-order valence-corrected chi connectivity index (χ4v) is 0.986. The van der Waals surface area contributed by atoms with Crippen molar-refractivity contribution in [2.24, 2.45) is 4.99 Å². The number of nitrogens with zero attached hydrogens (tertiary/aromatic N) is 1. The van der Waals surface area contributed by atoms with Gasteiger partial charge in [-0.3, -0.25) is 0 Å². The van der Waals surface area contributed by atoms with Gasteiger partial charge in [0, 0.05) is 5.71 Å². The van der Waals surface area contributed by atoms with Gasteiger partial charge in [-0.15, -0.1) is 0 Å². The molecule has 0 heterocycles. The molecule has 0 atom stereocenters. The quantitative estimate of drug-likeness (QED) is 0.711. The molecule has 0 N–H and O–H groups in total. The Balaban J connectivity index is 2.41. The predicted molar refractivity (Wildman–Crippen MR) is 60.0 cm³/mol. The Morgan fingerprint density at radius 1 is 1.33 bits per heavy atom. The molecule has 0 aliphatic rings. The molecule has 0 bridgehead atoms. The zero-order valence-electron chi connectivity index (χ0n) is 9.06. The lowest BCUT2D eigenvalue weighted by Gasteiger charge is -2.01. The summed E-state index contributed by atoms with van der Waals surface area (Å²) >= 11 is 0. The van der Waals surface area contributed by atoms with Crippen molar-refractivity contribution in [2.75, 3.05) is 0 Å². The lowest BCUT2D eigenvalue weighted by Crippen LogP contribution is -2.02. The zero-order chi connectivity index (χ0) is 11.1. The topological polar surface area (TPSA) is 38.7 Å². The van der Waals surface area contributed by atoms with Crippen LogP contribution in [0.2, 0.25) is 0 Å². The SMILES string of the molecule is CCC(C)=NC(=O)OCc1ccccc1. The van der Waals surface area contributed by atoms with Crippen molar-refractivity contribution in [3.05, 3.63) is 35.9 Å². The second kappa shape index (κ2) is 5.96. The average molecular weight is 205 g/mol. The standard InChI is InChI=1S/C12H15NO2/c1-3-10(2)13-12(14)15-9-11-7-5-4-6-8-11/h4-8H,3,9H2,1-2H3. The van der Waals surface area contributed by atoms with Crippen LogP contribution < -0.4 is 0 Å². The third-order valence-electron chi connectivity index (χ3n) is 2.00. The summed E-state index contributed by atoms with van der Waals surface area (Å²) in [5.74, 6) is 0. The number of hydrogen-bond acceptors (Lipinski definition) is 2. The highest BCUT2D eigenvalue weighted by molar-refractivity contribution is 5.91. The van der Waals surface area contributed by atoms with Gasteiger partial charge in [0.1, 0.15) is 6.61 Å². The molecule has 1 aromatic rings. The molecule has 1 amide bonds. The van der Waals surface area contributed by atoms with Crippen molar-refractivity contribution in [2.45, 2.75) is 26.9 Å². The van der Waals surface area contributed by atoms with Crippen molar-refractivity contribution in [3.63, 3.8) is 0 Å². The van der Waals surface area contributed by atoms with Crippen LogP contribution in [0.15, 0.2) is 35.3 Å². The summed E-state index contributed by atoms with van der Waals surface area (Å²) in [5.41, 5.74) is 1.75. The first-order valence-corrected chi connectivity index (χ1v) is 4.97. The average Bonchev–Trinajstić information content (AvgIpc) is 2.27. The van der Waals surface area contributed by atoms with Crippen molar-refractivity contribution in [3.8, 4) is 0 Å². The van der Waals surface area contributed by atoms with E-state index in [0.29, 0.717) is 0 Å². The van der Waals surface area contributed by atoms with Gasteiger partial charge in [-0.1, -0.05) is 37.3 Å². The molecule has 0 saturated carbocycles. The smallest absolute Gasteiger partial charge is 0.433 e. The minimum absolute atomic E-state index is 0.278. The summed E-state index contributed by atoms with van der Waals surface area (Å²) in [5, 5.41) is 0. The van der Waals surface area contributed by atoms with Gasteiger partial charge < -0.3 is 4.74 Å². The number of aliphatic imine (C=N–C) groups is 1. The van der Waals surface area contributed by atoms with E-state index in [-0.39, 0.29) is 6.61 Å². The molecule has 1 aromatic carbocycles. The third-order valence-corrected chi connectivity index (χ3v) is 2.00. The highest BCUT2D eigenvalue weighted by atomic mass is 16.5. The first kappa shape index (κ1) is 11.4. The van der Waals surface area contributed by atoms with E-state index in [1.807, 2.05) is 44.2 Å². The number of hydrogen-bond donors (Lipinski definition) is 0. The summed E-state index contributed by atoms with van der Waals surface area (Å²) in [7, 11) is 0. The Morgan fingerprint density at radius 3 is 2.60 bits per heavy atom. The van der Waals surface area contributed by atoms with Gasteiger partial charge in [-0.05, 0) is 18.9 Å². The highest BCUT2D eigenvalue weighted by Gasteiger charge is 2.00. The molecule has 0 fully saturated rings.